The van der Waals surface area contributed by atoms with E-state index in [-0.39, 0.29) is 28.3 Å². The topological polar surface area (TPSA) is 99.3 Å². The van der Waals surface area contributed by atoms with Crippen molar-refractivity contribution in [2.75, 3.05) is 13.2 Å². The van der Waals surface area contributed by atoms with Crippen molar-refractivity contribution in [1.29, 1.82) is 0 Å². The highest BCUT2D eigenvalue weighted by molar-refractivity contribution is 7.89. The fourth-order valence-corrected chi connectivity index (χ4v) is 4.23. The molecule has 122 valence electrons. The maximum Gasteiger partial charge on any atom is 0.305 e. The highest BCUT2D eigenvalue weighted by atomic mass is 32.2. The largest absolute Gasteiger partial charge is 0.396 e. The molecule has 2 rings (SSSR count). The Morgan fingerprint density at radius 3 is 2.77 bits per heavy atom. The number of benzene rings is 1. The molecule has 0 saturated carbocycles. The number of nitrogens with one attached hydrogen (secondary N) is 2. The molecule has 0 unspecified atom stereocenters. The summed E-state index contributed by atoms with van der Waals surface area (Å²) in [7, 11) is -3.62. The summed E-state index contributed by atoms with van der Waals surface area (Å²) < 4.78 is 27.9. The first-order valence-corrected chi connectivity index (χ1v) is 9.27. The van der Waals surface area contributed by atoms with Gasteiger partial charge in [-0.05, 0) is 36.5 Å². The lowest BCUT2D eigenvalue weighted by atomic mass is 9.88. The summed E-state index contributed by atoms with van der Waals surface area (Å²) in [5, 5.41) is 8.87. The van der Waals surface area contributed by atoms with E-state index >= 15 is 0 Å². The Kier molecular flexibility index (Phi) is 5.06. The monoisotopic (exact) mass is 344 g/mol. The number of sulfonamides is 1. The lowest BCUT2D eigenvalue weighted by Crippen LogP contribution is -2.34. The van der Waals surface area contributed by atoms with Crippen molar-refractivity contribution in [1.82, 2.24) is 9.71 Å². The van der Waals surface area contributed by atoms with Crippen molar-refractivity contribution < 1.29 is 13.5 Å². The van der Waals surface area contributed by atoms with Crippen LogP contribution in [0.4, 0.5) is 0 Å². The Balaban J connectivity index is 2.16. The highest BCUT2D eigenvalue weighted by Crippen LogP contribution is 2.23. The first-order valence-electron chi connectivity index (χ1n) is 6.97. The van der Waals surface area contributed by atoms with Gasteiger partial charge < -0.3 is 10.1 Å². The van der Waals surface area contributed by atoms with E-state index in [1.165, 1.54) is 12.1 Å². The van der Waals surface area contributed by atoms with Crippen molar-refractivity contribution in [3.63, 3.8) is 0 Å². The molecule has 6 nitrogen and oxygen atoms in total. The van der Waals surface area contributed by atoms with E-state index in [1.54, 1.807) is 6.07 Å². The summed E-state index contributed by atoms with van der Waals surface area (Å²) in [5.74, 6) is 0. The van der Waals surface area contributed by atoms with Crippen LogP contribution < -0.4 is 9.60 Å². The van der Waals surface area contributed by atoms with Gasteiger partial charge in [-0.1, -0.05) is 25.2 Å². The predicted octanol–water partition coefficient (Wildman–Crippen LogP) is 1.67. The normalized spacial score (nSPS) is 12.9. The summed E-state index contributed by atoms with van der Waals surface area (Å²) in [6.45, 7) is 4.29. The van der Waals surface area contributed by atoms with Crippen molar-refractivity contribution in [2.24, 2.45) is 5.41 Å². The zero-order valence-corrected chi connectivity index (χ0v) is 14.2. The minimum absolute atomic E-state index is 0.0965. The van der Waals surface area contributed by atoms with Crippen LogP contribution in [0.5, 0.6) is 0 Å². The molecule has 0 aliphatic carbocycles. The lowest BCUT2D eigenvalue weighted by molar-refractivity contribution is 0.242. The Hall–Kier alpha value is -1.22. The van der Waals surface area contributed by atoms with Gasteiger partial charge in [0.15, 0.2) is 0 Å². The predicted molar refractivity (Wildman–Crippen MR) is 87.7 cm³/mol. The second-order valence-electron chi connectivity index (χ2n) is 5.99. The second kappa shape index (κ2) is 6.49. The molecule has 0 bridgehead atoms. The van der Waals surface area contributed by atoms with Crippen LogP contribution in [0.15, 0.2) is 27.9 Å². The first kappa shape index (κ1) is 17.1. The average Bonchev–Trinajstić information content (AvgIpc) is 2.82. The van der Waals surface area contributed by atoms with Gasteiger partial charge in [0.2, 0.25) is 10.0 Å². The van der Waals surface area contributed by atoms with E-state index in [1.807, 2.05) is 13.8 Å². The molecule has 1 aromatic heterocycles. The van der Waals surface area contributed by atoms with Crippen molar-refractivity contribution in [3.05, 3.63) is 27.9 Å². The van der Waals surface area contributed by atoms with E-state index in [4.69, 9.17) is 5.11 Å². The molecule has 3 N–H and O–H groups in total. The second-order valence-corrected chi connectivity index (χ2v) is 8.77. The van der Waals surface area contributed by atoms with E-state index in [0.717, 1.165) is 17.8 Å². The minimum Gasteiger partial charge on any atom is -0.396 e. The highest BCUT2D eigenvalue weighted by Gasteiger charge is 2.22. The zero-order chi connectivity index (χ0) is 16.4. The molecule has 0 aliphatic rings. The number of hydrogen-bond acceptors (Lipinski definition) is 5. The molecular weight excluding hydrogens is 324 g/mol. The number of rotatable bonds is 7. The zero-order valence-electron chi connectivity index (χ0n) is 12.5. The van der Waals surface area contributed by atoms with Gasteiger partial charge in [0.05, 0.1) is 15.1 Å². The Morgan fingerprint density at radius 2 is 2.09 bits per heavy atom. The SMILES string of the molecule is CC(C)(CCCO)CNS(=O)(=O)c1ccc2[nH]c(=O)sc2c1. The minimum atomic E-state index is -3.62. The number of H-pyrrole nitrogens is 1. The van der Waals surface area contributed by atoms with Crippen LogP contribution >= 0.6 is 11.3 Å². The van der Waals surface area contributed by atoms with Crippen LogP contribution in [0, 0.1) is 5.41 Å². The molecule has 0 spiro atoms. The average molecular weight is 344 g/mol. The van der Waals surface area contributed by atoms with E-state index in [2.05, 4.69) is 9.71 Å². The van der Waals surface area contributed by atoms with Gasteiger partial charge in [0.1, 0.15) is 0 Å². The Labute approximate surface area is 133 Å². The first-order chi connectivity index (χ1) is 10.2. The van der Waals surface area contributed by atoms with Gasteiger partial charge in [0.25, 0.3) is 0 Å². The van der Waals surface area contributed by atoms with E-state index in [9.17, 15) is 13.2 Å². The van der Waals surface area contributed by atoms with Gasteiger partial charge in [0, 0.05) is 13.2 Å². The summed E-state index contributed by atoms with van der Waals surface area (Å²) in [5.41, 5.74) is 0.399. The van der Waals surface area contributed by atoms with Crippen LogP contribution in [0.25, 0.3) is 10.2 Å². The molecule has 1 aromatic carbocycles. The van der Waals surface area contributed by atoms with Crippen LogP contribution in [-0.2, 0) is 10.0 Å². The molecule has 0 radical (unpaired) electrons. The van der Waals surface area contributed by atoms with Gasteiger partial charge in [-0.15, -0.1) is 0 Å². The fraction of sp³-hybridized carbons (Fsp3) is 0.500. The molecule has 0 amide bonds. The number of hydrogen-bond donors (Lipinski definition) is 3. The summed E-state index contributed by atoms with van der Waals surface area (Å²) in [6.07, 6.45) is 1.36. The Morgan fingerprint density at radius 1 is 1.36 bits per heavy atom. The van der Waals surface area contributed by atoms with Crippen LogP contribution in [0.2, 0.25) is 0 Å². The smallest absolute Gasteiger partial charge is 0.305 e. The number of thiazole rings is 1. The van der Waals surface area contributed by atoms with Crippen molar-refractivity contribution in [3.8, 4) is 0 Å². The number of aromatic amines is 1. The lowest BCUT2D eigenvalue weighted by Gasteiger charge is -2.24. The number of aliphatic hydroxyl groups excluding tert-OH is 1. The molecule has 8 heteroatoms. The third-order valence-corrected chi connectivity index (χ3v) is 5.70. The van der Waals surface area contributed by atoms with Crippen LogP contribution in [0.1, 0.15) is 26.7 Å². The van der Waals surface area contributed by atoms with Crippen molar-refractivity contribution >= 4 is 31.6 Å². The van der Waals surface area contributed by atoms with Gasteiger partial charge in [-0.25, -0.2) is 13.1 Å². The van der Waals surface area contributed by atoms with Gasteiger partial charge in [-0.3, -0.25) is 4.79 Å². The molecule has 0 aliphatic heterocycles. The maximum atomic E-state index is 12.4. The number of aliphatic hydroxyl groups is 1. The van der Waals surface area contributed by atoms with Gasteiger partial charge >= 0.3 is 4.87 Å². The van der Waals surface area contributed by atoms with E-state index < -0.39 is 10.0 Å². The number of fused-ring (bicyclic) bond motifs is 1. The molecule has 1 heterocycles. The summed E-state index contributed by atoms with van der Waals surface area (Å²) >= 11 is 0.986. The number of aromatic nitrogens is 1. The molecule has 0 fully saturated rings. The van der Waals surface area contributed by atoms with Crippen LogP contribution in [-0.4, -0.2) is 31.7 Å². The molecular formula is C14H20N2O4S2. The standard InChI is InChI=1S/C14H20N2O4S2/c1-14(2,6-3-7-17)9-15-22(19,20)10-4-5-11-12(8-10)21-13(18)16-11/h4-5,8,15,17H,3,6-7,9H2,1-2H3,(H,16,18). The fourth-order valence-electron chi connectivity index (χ4n) is 2.11. The molecule has 0 atom stereocenters. The van der Waals surface area contributed by atoms with Crippen molar-refractivity contribution in [2.45, 2.75) is 31.6 Å². The molecule has 22 heavy (non-hydrogen) atoms. The molecule has 2 aromatic rings. The summed E-state index contributed by atoms with van der Waals surface area (Å²) in [4.78, 5) is 13.9. The quantitative estimate of drug-likeness (QED) is 0.711. The van der Waals surface area contributed by atoms with Gasteiger partial charge in [-0.2, -0.15) is 0 Å². The van der Waals surface area contributed by atoms with Crippen LogP contribution in [0.3, 0.4) is 0 Å². The third-order valence-electron chi connectivity index (χ3n) is 3.46. The summed E-state index contributed by atoms with van der Waals surface area (Å²) in [6, 6.07) is 4.58. The maximum absolute atomic E-state index is 12.4. The third kappa shape index (κ3) is 4.16. The Bertz CT molecular complexity index is 806. The molecule has 0 saturated heterocycles. The van der Waals surface area contributed by atoms with E-state index in [0.29, 0.717) is 16.6 Å².